The van der Waals surface area contributed by atoms with Gasteiger partial charge in [0.05, 0.1) is 18.0 Å². The van der Waals surface area contributed by atoms with Gasteiger partial charge in [-0.3, -0.25) is 13.9 Å². The zero-order chi connectivity index (χ0) is 21.4. The first kappa shape index (κ1) is 20.8. The molecule has 2 aromatic heterocycles. The number of hydrogen-bond donors (Lipinski definition) is 0. The molecule has 0 saturated heterocycles. The number of fused-ring (bicyclic) bond motifs is 1. The maximum Gasteiger partial charge on any atom is 0.278 e. The molecule has 2 aromatic carbocycles. The Morgan fingerprint density at radius 3 is 2.50 bits per heavy atom. The minimum absolute atomic E-state index is 0.117. The summed E-state index contributed by atoms with van der Waals surface area (Å²) in [6.45, 7) is 6.64. The fourth-order valence-corrected chi connectivity index (χ4v) is 5.27. The van der Waals surface area contributed by atoms with E-state index in [1.807, 2.05) is 61.1 Å². The summed E-state index contributed by atoms with van der Waals surface area (Å²) in [6.07, 6.45) is 1.92. The molecule has 0 N–H and O–H groups in total. The first-order valence-electron chi connectivity index (χ1n) is 9.48. The van der Waals surface area contributed by atoms with Gasteiger partial charge in [-0.1, -0.05) is 40.8 Å². The highest BCUT2D eigenvalue weighted by atomic mass is 32.2. The number of benzene rings is 2. The number of rotatable bonds is 5. The maximum absolute atomic E-state index is 13.5. The lowest BCUT2D eigenvalue weighted by Gasteiger charge is -2.13. The second-order valence-electron chi connectivity index (χ2n) is 6.81. The summed E-state index contributed by atoms with van der Waals surface area (Å²) in [7, 11) is 0. The second-order valence-corrected chi connectivity index (χ2v) is 9.23. The Morgan fingerprint density at radius 2 is 1.87 bits per heavy atom. The van der Waals surface area contributed by atoms with Crippen molar-refractivity contribution in [3.8, 4) is 17.1 Å². The van der Waals surface area contributed by atoms with Gasteiger partial charge in [0.2, 0.25) is 0 Å². The first-order valence-corrected chi connectivity index (χ1v) is 11.9. The van der Waals surface area contributed by atoms with Crippen LogP contribution >= 0.6 is 35.3 Å². The van der Waals surface area contributed by atoms with Gasteiger partial charge in [-0.05, 0) is 75.1 Å². The average molecular weight is 456 g/mol. The highest BCUT2D eigenvalue weighted by Crippen LogP contribution is 2.28. The van der Waals surface area contributed by atoms with Crippen molar-refractivity contribution in [3.05, 3.63) is 67.9 Å². The molecular weight excluding hydrogens is 434 g/mol. The van der Waals surface area contributed by atoms with Crippen LogP contribution in [0.1, 0.15) is 18.1 Å². The Labute approximate surface area is 188 Å². The van der Waals surface area contributed by atoms with Crippen molar-refractivity contribution in [2.75, 3.05) is 12.9 Å². The fraction of sp³-hybridized carbons (Fsp3) is 0.227. The highest BCUT2D eigenvalue weighted by molar-refractivity contribution is 7.98. The molecule has 2 heterocycles. The molecule has 5 nitrogen and oxygen atoms in total. The van der Waals surface area contributed by atoms with Crippen molar-refractivity contribution < 1.29 is 4.74 Å². The van der Waals surface area contributed by atoms with Crippen LogP contribution in [0.3, 0.4) is 0 Å². The Morgan fingerprint density at radius 1 is 1.13 bits per heavy atom. The van der Waals surface area contributed by atoms with Crippen LogP contribution < -0.4 is 10.3 Å². The van der Waals surface area contributed by atoms with Crippen LogP contribution in [0.2, 0.25) is 0 Å². The smallest absolute Gasteiger partial charge is 0.278 e. The van der Waals surface area contributed by atoms with E-state index in [2.05, 4.69) is 13.0 Å². The van der Waals surface area contributed by atoms with Crippen LogP contribution in [0, 0.1) is 17.8 Å². The van der Waals surface area contributed by atoms with E-state index in [4.69, 9.17) is 21.9 Å². The number of aryl methyl sites for hydroxylation is 2. The summed E-state index contributed by atoms with van der Waals surface area (Å²) in [5.41, 5.74) is 4.46. The van der Waals surface area contributed by atoms with Crippen molar-refractivity contribution in [2.24, 2.45) is 0 Å². The summed E-state index contributed by atoms with van der Waals surface area (Å²) in [4.78, 5) is 18.3. The predicted molar refractivity (Wildman–Crippen MR) is 128 cm³/mol. The van der Waals surface area contributed by atoms with Crippen molar-refractivity contribution >= 4 is 45.7 Å². The number of hydrogen-bond acceptors (Lipinski definition) is 6. The monoisotopic (exact) mass is 455 g/mol. The highest BCUT2D eigenvalue weighted by Gasteiger charge is 2.19. The topological polar surface area (TPSA) is 49.0 Å². The summed E-state index contributed by atoms with van der Waals surface area (Å²) >= 11 is 8.37. The summed E-state index contributed by atoms with van der Waals surface area (Å²) < 4.78 is 10.2. The molecule has 0 fully saturated rings. The molecule has 30 heavy (non-hydrogen) atoms. The normalized spacial score (nSPS) is 11.2. The van der Waals surface area contributed by atoms with Crippen molar-refractivity contribution in [2.45, 2.75) is 25.9 Å². The fourth-order valence-electron chi connectivity index (χ4n) is 3.43. The molecule has 0 bridgehead atoms. The van der Waals surface area contributed by atoms with E-state index in [1.54, 1.807) is 4.57 Å². The second kappa shape index (κ2) is 8.37. The van der Waals surface area contributed by atoms with E-state index < -0.39 is 0 Å². The molecule has 0 atom stereocenters. The summed E-state index contributed by atoms with van der Waals surface area (Å²) in [5.74, 6) is 0.769. The minimum Gasteiger partial charge on any atom is -0.494 e. The van der Waals surface area contributed by atoms with Gasteiger partial charge < -0.3 is 4.74 Å². The standard InChI is InChI=1S/C22H21N3O2S3/c1-5-27-16-9-7-15(8-10-16)24-20(26)18-19(23-21(24)29-4)25(22(28)30-18)17-11-6-13(2)12-14(17)3/h6-12H,5H2,1-4H3. The molecular formula is C22H21N3O2S3. The van der Waals surface area contributed by atoms with Crippen LogP contribution in [0.5, 0.6) is 5.75 Å². The lowest BCUT2D eigenvalue weighted by atomic mass is 10.1. The lowest BCUT2D eigenvalue weighted by Crippen LogP contribution is -2.21. The van der Waals surface area contributed by atoms with Gasteiger partial charge in [-0.25, -0.2) is 4.98 Å². The Balaban J connectivity index is 1.97. The third-order valence-corrected chi connectivity index (χ3v) is 6.75. The van der Waals surface area contributed by atoms with Crippen LogP contribution in [0.25, 0.3) is 21.7 Å². The molecule has 0 amide bonds. The molecule has 0 aliphatic rings. The van der Waals surface area contributed by atoms with Gasteiger partial charge in [0, 0.05) is 0 Å². The van der Waals surface area contributed by atoms with E-state index in [0.29, 0.717) is 26.1 Å². The maximum atomic E-state index is 13.5. The third-order valence-electron chi connectivity index (χ3n) is 4.76. The van der Waals surface area contributed by atoms with Crippen LogP contribution in [0.4, 0.5) is 0 Å². The summed E-state index contributed by atoms with van der Waals surface area (Å²) in [5, 5.41) is 0.614. The average Bonchev–Trinajstić information content (AvgIpc) is 3.05. The zero-order valence-electron chi connectivity index (χ0n) is 17.1. The van der Waals surface area contributed by atoms with Gasteiger partial charge in [0.1, 0.15) is 10.4 Å². The molecule has 4 rings (SSSR count). The largest absolute Gasteiger partial charge is 0.494 e. The van der Waals surface area contributed by atoms with Crippen LogP contribution in [-0.2, 0) is 0 Å². The van der Waals surface area contributed by atoms with Crippen LogP contribution in [0.15, 0.2) is 52.4 Å². The first-order chi connectivity index (χ1) is 14.4. The number of thioether (sulfide) groups is 1. The minimum atomic E-state index is -0.117. The number of thiazole rings is 1. The summed E-state index contributed by atoms with van der Waals surface area (Å²) in [6, 6.07) is 13.7. The molecule has 0 unspecified atom stereocenters. The molecule has 0 aliphatic heterocycles. The number of nitrogens with zero attached hydrogens (tertiary/aromatic N) is 3. The van der Waals surface area contributed by atoms with E-state index in [9.17, 15) is 4.79 Å². The number of ether oxygens (including phenoxy) is 1. The molecule has 4 aromatic rings. The van der Waals surface area contributed by atoms with E-state index >= 15 is 0 Å². The Hall–Kier alpha value is -2.42. The van der Waals surface area contributed by atoms with E-state index in [1.165, 1.54) is 28.7 Å². The van der Waals surface area contributed by atoms with Gasteiger partial charge in [-0.2, -0.15) is 0 Å². The predicted octanol–water partition coefficient (Wildman–Crippen LogP) is 5.70. The van der Waals surface area contributed by atoms with E-state index in [0.717, 1.165) is 22.7 Å². The molecule has 0 aliphatic carbocycles. The van der Waals surface area contributed by atoms with Gasteiger partial charge in [0.25, 0.3) is 5.56 Å². The van der Waals surface area contributed by atoms with Crippen molar-refractivity contribution in [1.29, 1.82) is 0 Å². The lowest BCUT2D eigenvalue weighted by molar-refractivity contribution is 0.340. The van der Waals surface area contributed by atoms with Gasteiger partial charge in [0.15, 0.2) is 14.8 Å². The molecule has 0 saturated carbocycles. The molecule has 8 heteroatoms. The number of aromatic nitrogens is 3. The SMILES string of the molecule is CCOc1ccc(-n2c(SC)nc3c(sc(=S)n3-c3ccc(C)cc3C)c2=O)cc1. The Kier molecular flexibility index (Phi) is 5.81. The quantitative estimate of drug-likeness (QED) is 0.219. The Bertz CT molecular complexity index is 1350. The molecule has 0 spiro atoms. The van der Waals surface area contributed by atoms with Crippen molar-refractivity contribution in [3.63, 3.8) is 0 Å². The van der Waals surface area contributed by atoms with E-state index in [-0.39, 0.29) is 5.56 Å². The van der Waals surface area contributed by atoms with Crippen LogP contribution in [-0.4, -0.2) is 27.0 Å². The third kappa shape index (κ3) is 3.59. The van der Waals surface area contributed by atoms with Crippen molar-refractivity contribution in [1.82, 2.24) is 14.1 Å². The zero-order valence-corrected chi connectivity index (χ0v) is 19.6. The van der Waals surface area contributed by atoms with Gasteiger partial charge >= 0.3 is 0 Å². The molecule has 154 valence electrons. The molecule has 0 radical (unpaired) electrons. The van der Waals surface area contributed by atoms with Gasteiger partial charge in [-0.15, -0.1) is 0 Å².